The summed E-state index contributed by atoms with van der Waals surface area (Å²) in [5.41, 5.74) is 1.81. The zero-order valence-electron chi connectivity index (χ0n) is 19.2. The zero-order chi connectivity index (χ0) is 24.0. The number of nitrogens with one attached hydrogen (secondary N) is 1. The van der Waals surface area contributed by atoms with Gasteiger partial charge in [0, 0.05) is 44.0 Å². The maximum atomic E-state index is 13.0. The minimum atomic E-state index is -3.73. The largest absolute Gasteiger partial charge is 0.492 e. The van der Waals surface area contributed by atoms with Gasteiger partial charge in [0.1, 0.15) is 12.4 Å². The summed E-state index contributed by atoms with van der Waals surface area (Å²) in [4.78, 5) is 17.3. The third kappa shape index (κ3) is 6.15. The summed E-state index contributed by atoms with van der Waals surface area (Å²) in [7, 11) is -3.73. The number of nitrogens with zero attached hydrogens (tertiary/aromatic N) is 2. The van der Waals surface area contributed by atoms with Crippen LogP contribution < -0.4 is 9.46 Å². The Balaban J connectivity index is 1.30. The molecule has 0 radical (unpaired) electrons. The maximum absolute atomic E-state index is 13.0. The lowest BCUT2D eigenvalue weighted by atomic mass is 10.1. The van der Waals surface area contributed by atoms with E-state index in [0.29, 0.717) is 30.9 Å². The zero-order valence-corrected chi connectivity index (χ0v) is 20.0. The molecule has 1 saturated heterocycles. The van der Waals surface area contributed by atoms with Gasteiger partial charge in [-0.25, -0.2) is 8.42 Å². The third-order valence-electron chi connectivity index (χ3n) is 5.77. The van der Waals surface area contributed by atoms with E-state index in [1.807, 2.05) is 42.2 Å². The number of hydrogen-bond acceptors (Lipinski definition) is 5. The van der Waals surface area contributed by atoms with Crippen molar-refractivity contribution in [3.8, 4) is 5.75 Å². The van der Waals surface area contributed by atoms with E-state index in [1.165, 1.54) is 0 Å². The lowest BCUT2D eigenvalue weighted by Crippen LogP contribution is -2.49. The number of hydrogen-bond donors (Lipinski definition) is 1. The number of amides is 1. The van der Waals surface area contributed by atoms with Crippen molar-refractivity contribution in [2.24, 2.45) is 0 Å². The number of carbonyl (C=O) groups excluding carboxylic acids is 1. The molecular formula is C26H29N3O4S. The first kappa shape index (κ1) is 23.8. The van der Waals surface area contributed by atoms with Crippen LogP contribution in [0.2, 0.25) is 0 Å². The molecule has 3 aromatic rings. The Morgan fingerprint density at radius 2 is 1.62 bits per heavy atom. The molecule has 1 aliphatic rings. The molecule has 3 aromatic carbocycles. The standard InChI is InChI=1S/C26H29N3O4S/c1-21-10-12-25(13-11-21)34(31,32)27-23-7-5-6-22(20-23)26(30)29-16-14-28(15-17-29)18-19-33-24-8-3-2-4-9-24/h2-13,20,27H,14-19H2,1H3. The fourth-order valence-corrected chi connectivity index (χ4v) is 4.86. The topological polar surface area (TPSA) is 79.0 Å². The molecule has 0 aliphatic carbocycles. The molecule has 34 heavy (non-hydrogen) atoms. The van der Waals surface area contributed by atoms with Crippen LogP contribution in [0, 0.1) is 6.92 Å². The van der Waals surface area contributed by atoms with Gasteiger partial charge in [-0.05, 0) is 49.4 Å². The van der Waals surface area contributed by atoms with Crippen LogP contribution in [0.5, 0.6) is 5.75 Å². The number of rotatable bonds is 8. The van der Waals surface area contributed by atoms with E-state index in [9.17, 15) is 13.2 Å². The van der Waals surface area contributed by atoms with E-state index in [4.69, 9.17) is 4.74 Å². The first-order valence-electron chi connectivity index (χ1n) is 11.3. The van der Waals surface area contributed by atoms with Gasteiger partial charge in [-0.15, -0.1) is 0 Å². The molecule has 1 aliphatic heterocycles. The third-order valence-corrected chi connectivity index (χ3v) is 7.17. The molecule has 0 unspecified atom stereocenters. The molecule has 0 saturated carbocycles. The fourth-order valence-electron chi connectivity index (χ4n) is 3.81. The van der Waals surface area contributed by atoms with E-state index in [-0.39, 0.29) is 10.8 Å². The molecule has 0 bridgehead atoms. The number of para-hydroxylation sites is 1. The van der Waals surface area contributed by atoms with Crippen LogP contribution in [0.1, 0.15) is 15.9 Å². The van der Waals surface area contributed by atoms with Crippen molar-refractivity contribution in [1.82, 2.24) is 9.80 Å². The smallest absolute Gasteiger partial charge is 0.261 e. The number of piperazine rings is 1. The lowest BCUT2D eigenvalue weighted by molar-refractivity contribution is 0.0620. The van der Waals surface area contributed by atoms with Crippen molar-refractivity contribution in [2.45, 2.75) is 11.8 Å². The molecule has 4 rings (SSSR count). The Hall–Kier alpha value is -3.36. The highest BCUT2D eigenvalue weighted by Crippen LogP contribution is 2.19. The van der Waals surface area contributed by atoms with Crippen molar-refractivity contribution in [3.05, 3.63) is 90.0 Å². The molecule has 1 fully saturated rings. The monoisotopic (exact) mass is 479 g/mol. The van der Waals surface area contributed by atoms with Crippen LogP contribution in [-0.4, -0.2) is 63.5 Å². The van der Waals surface area contributed by atoms with Crippen molar-refractivity contribution < 1.29 is 17.9 Å². The average molecular weight is 480 g/mol. The van der Waals surface area contributed by atoms with E-state index >= 15 is 0 Å². The summed E-state index contributed by atoms with van der Waals surface area (Å²) in [6, 6.07) is 23.0. The van der Waals surface area contributed by atoms with Crippen LogP contribution in [0.3, 0.4) is 0 Å². The second-order valence-corrected chi connectivity index (χ2v) is 9.98. The van der Waals surface area contributed by atoms with Gasteiger partial charge in [-0.3, -0.25) is 14.4 Å². The van der Waals surface area contributed by atoms with E-state index in [2.05, 4.69) is 9.62 Å². The van der Waals surface area contributed by atoms with Crippen LogP contribution in [0.15, 0.2) is 83.8 Å². The van der Waals surface area contributed by atoms with Crippen molar-refractivity contribution in [2.75, 3.05) is 44.1 Å². The predicted molar refractivity (Wildman–Crippen MR) is 133 cm³/mol. The van der Waals surface area contributed by atoms with Gasteiger partial charge >= 0.3 is 0 Å². The highest BCUT2D eigenvalue weighted by Gasteiger charge is 2.23. The molecule has 0 aromatic heterocycles. The summed E-state index contributed by atoms with van der Waals surface area (Å²) in [6.07, 6.45) is 0. The van der Waals surface area contributed by atoms with Crippen molar-refractivity contribution >= 4 is 21.6 Å². The number of sulfonamides is 1. The summed E-state index contributed by atoms with van der Waals surface area (Å²) in [6.45, 7) is 6.06. The Kier molecular flexibility index (Phi) is 7.49. The van der Waals surface area contributed by atoms with Gasteiger partial charge in [-0.1, -0.05) is 42.0 Å². The Morgan fingerprint density at radius 1 is 0.912 bits per heavy atom. The Morgan fingerprint density at radius 3 is 2.32 bits per heavy atom. The van der Waals surface area contributed by atoms with Crippen molar-refractivity contribution in [3.63, 3.8) is 0 Å². The van der Waals surface area contributed by atoms with Crippen molar-refractivity contribution in [1.29, 1.82) is 0 Å². The summed E-state index contributed by atoms with van der Waals surface area (Å²) < 4.78 is 33.7. The number of benzene rings is 3. The fraction of sp³-hybridized carbons (Fsp3) is 0.269. The average Bonchev–Trinajstić information content (AvgIpc) is 2.85. The first-order chi connectivity index (χ1) is 16.4. The Bertz CT molecular complexity index is 1210. The predicted octanol–water partition coefficient (Wildman–Crippen LogP) is 3.63. The molecule has 178 valence electrons. The molecule has 1 N–H and O–H groups in total. The second-order valence-electron chi connectivity index (χ2n) is 8.29. The summed E-state index contributed by atoms with van der Waals surface area (Å²) in [5.74, 6) is 0.755. The van der Waals surface area contributed by atoms with Gasteiger partial charge < -0.3 is 9.64 Å². The highest BCUT2D eigenvalue weighted by molar-refractivity contribution is 7.92. The van der Waals surface area contributed by atoms with Crippen LogP contribution in [-0.2, 0) is 10.0 Å². The lowest BCUT2D eigenvalue weighted by Gasteiger charge is -2.34. The number of anilines is 1. The van der Waals surface area contributed by atoms with Crippen LogP contribution in [0.4, 0.5) is 5.69 Å². The summed E-state index contributed by atoms with van der Waals surface area (Å²) >= 11 is 0. The van der Waals surface area contributed by atoms with E-state index < -0.39 is 10.0 Å². The minimum Gasteiger partial charge on any atom is -0.492 e. The van der Waals surface area contributed by atoms with Crippen LogP contribution in [0.25, 0.3) is 0 Å². The summed E-state index contributed by atoms with van der Waals surface area (Å²) in [5, 5.41) is 0. The first-order valence-corrected chi connectivity index (χ1v) is 12.8. The normalized spacial score (nSPS) is 14.6. The second kappa shape index (κ2) is 10.7. The SMILES string of the molecule is Cc1ccc(S(=O)(=O)Nc2cccc(C(=O)N3CCN(CCOc4ccccc4)CC3)c2)cc1. The molecule has 0 spiro atoms. The van der Waals surface area contributed by atoms with Gasteiger partial charge in [0.25, 0.3) is 15.9 Å². The quantitative estimate of drug-likeness (QED) is 0.534. The highest BCUT2D eigenvalue weighted by atomic mass is 32.2. The minimum absolute atomic E-state index is 0.100. The molecule has 1 amide bonds. The van der Waals surface area contributed by atoms with Gasteiger partial charge in [0.05, 0.1) is 4.90 Å². The maximum Gasteiger partial charge on any atom is 0.261 e. The number of carbonyl (C=O) groups is 1. The molecule has 7 nitrogen and oxygen atoms in total. The molecule has 0 atom stereocenters. The van der Waals surface area contributed by atoms with Gasteiger partial charge in [0.2, 0.25) is 0 Å². The number of ether oxygens (including phenoxy) is 1. The van der Waals surface area contributed by atoms with Gasteiger partial charge in [-0.2, -0.15) is 0 Å². The van der Waals surface area contributed by atoms with Gasteiger partial charge in [0.15, 0.2) is 0 Å². The Labute approximate surface area is 201 Å². The number of aryl methyl sites for hydroxylation is 1. The van der Waals surface area contributed by atoms with E-state index in [0.717, 1.165) is 30.9 Å². The molecule has 8 heteroatoms. The van der Waals surface area contributed by atoms with Crippen LogP contribution >= 0.6 is 0 Å². The molecular weight excluding hydrogens is 450 g/mol. The molecule has 1 heterocycles. The van der Waals surface area contributed by atoms with E-state index in [1.54, 1.807) is 48.5 Å².